The first-order valence-electron chi connectivity index (χ1n) is 6.68. The van der Waals surface area contributed by atoms with Crippen molar-refractivity contribution in [3.05, 3.63) is 28.8 Å². The zero-order valence-corrected chi connectivity index (χ0v) is 10.5. The lowest BCUT2D eigenvalue weighted by molar-refractivity contribution is 0.317. The second-order valence-corrected chi connectivity index (χ2v) is 5.85. The summed E-state index contributed by atoms with van der Waals surface area (Å²) >= 11 is 0. The molecule has 0 spiro atoms. The van der Waals surface area contributed by atoms with Gasteiger partial charge in [-0.1, -0.05) is 17.7 Å². The van der Waals surface area contributed by atoms with E-state index in [0.29, 0.717) is 0 Å². The predicted molar refractivity (Wildman–Crippen MR) is 69.7 cm³/mol. The number of piperidine rings is 1. The highest BCUT2D eigenvalue weighted by atomic mass is 15.3. The summed E-state index contributed by atoms with van der Waals surface area (Å²) in [5.41, 5.74) is 5.40. The summed E-state index contributed by atoms with van der Waals surface area (Å²) in [4.78, 5) is 7.54. The van der Waals surface area contributed by atoms with Crippen LogP contribution in [0.1, 0.15) is 36.0 Å². The van der Waals surface area contributed by atoms with Crippen LogP contribution in [0.4, 0.5) is 5.69 Å². The molecule has 2 heteroatoms. The smallest absolute Gasteiger partial charge is 0.109 e. The third-order valence-electron chi connectivity index (χ3n) is 4.60. The predicted octanol–water partition coefficient (Wildman–Crippen LogP) is 3.33. The van der Waals surface area contributed by atoms with Gasteiger partial charge in [-0.3, -0.25) is 0 Å². The van der Waals surface area contributed by atoms with Gasteiger partial charge in [0.05, 0.1) is 5.69 Å². The first kappa shape index (κ1) is 9.69. The van der Waals surface area contributed by atoms with E-state index >= 15 is 0 Å². The van der Waals surface area contributed by atoms with Crippen LogP contribution in [0.25, 0.3) is 0 Å². The monoisotopic (exact) mass is 226 g/mol. The minimum Gasteiger partial charge on any atom is -0.352 e. The van der Waals surface area contributed by atoms with Crippen LogP contribution in [-0.2, 0) is 6.54 Å². The molecule has 2 unspecified atom stereocenters. The van der Waals surface area contributed by atoms with Crippen molar-refractivity contribution in [2.45, 2.75) is 45.7 Å². The van der Waals surface area contributed by atoms with E-state index < -0.39 is 0 Å². The van der Waals surface area contributed by atoms with Crippen molar-refractivity contribution in [2.24, 2.45) is 10.9 Å². The van der Waals surface area contributed by atoms with E-state index in [1.54, 1.807) is 0 Å². The zero-order valence-electron chi connectivity index (χ0n) is 10.5. The van der Waals surface area contributed by atoms with Crippen LogP contribution in [0.3, 0.4) is 0 Å². The normalized spacial score (nSPS) is 29.1. The standard InChI is InChI=1S/C15H18N2/c1-9-5-10(2)14-12(6-9)8-17-13-4-3-11(7-13)15(17)16-14/h5-6,11,13H,3-4,7-8H2,1-2H3. The molecule has 1 saturated heterocycles. The highest BCUT2D eigenvalue weighted by Crippen LogP contribution is 2.44. The molecule has 2 aliphatic heterocycles. The number of aryl methyl sites for hydroxylation is 2. The van der Waals surface area contributed by atoms with Gasteiger partial charge in [0, 0.05) is 18.5 Å². The van der Waals surface area contributed by atoms with Gasteiger partial charge in [0.15, 0.2) is 0 Å². The van der Waals surface area contributed by atoms with Crippen LogP contribution in [0.2, 0.25) is 0 Å². The van der Waals surface area contributed by atoms with Gasteiger partial charge in [-0.2, -0.15) is 0 Å². The third kappa shape index (κ3) is 1.24. The quantitative estimate of drug-likeness (QED) is 0.662. The van der Waals surface area contributed by atoms with Gasteiger partial charge in [0.2, 0.25) is 0 Å². The molecule has 17 heavy (non-hydrogen) atoms. The van der Waals surface area contributed by atoms with Crippen LogP contribution in [0, 0.1) is 19.8 Å². The lowest BCUT2D eigenvalue weighted by Gasteiger charge is -2.34. The number of rotatable bonds is 0. The van der Waals surface area contributed by atoms with E-state index in [-0.39, 0.29) is 0 Å². The van der Waals surface area contributed by atoms with E-state index in [1.165, 1.54) is 47.5 Å². The number of amidine groups is 1. The summed E-state index contributed by atoms with van der Waals surface area (Å²) in [5.74, 6) is 2.15. The fourth-order valence-corrected chi connectivity index (χ4v) is 3.89. The molecule has 0 aromatic heterocycles. The van der Waals surface area contributed by atoms with Gasteiger partial charge < -0.3 is 4.90 Å². The second kappa shape index (κ2) is 3.12. The Bertz CT molecular complexity index is 530. The van der Waals surface area contributed by atoms with Gasteiger partial charge in [0.1, 0.15) is 5.84 Å². The molecular weight excluding hydrogens is 208 g/mol. The van der Waals surface area contributed by atoms with Crippen LogP contribution >= 0.6 is 0 Å². The number of benzene rings is 1. The van der Waals surface area contributed by atoms with Crippen molar-refractivity contribution in [3.8, 4) is 0 Å². The van der Waals surface area contributed by atoms with Crippen molar-refractivity contribution < 1.29 is 0 Å². The molecule has 2 atom stereocenters. The molecule has 4 rings (SSSR count). The van der Waals surface area contributed by atoms with E-state index in [9.17, 15) is 0 Å². The lowest BCUT2D eigenvalue weighted by atomic mass is 9.99. The van der Waals surface area contributed by atoms with Gasteiger partial charge >= 0.3 is 0 Å². The molecule has 0 amide bonds. The summed E-state index contributed by atoms with van der Waals surface area (Å²) < 4.78 is 0. The fourth-order valence-electron chi connectivity index (χ4n) is 3.89. The van der Waals surface area contributed by atoms with E-state index in [4.69, 9.17) is 4.99 Å². The third-order valence-corrected chi connectivity index (χ3v) is 4.60. The Labute approximate surface area is 102 Å². The van der Waals surface area contributed by atoms with Crippen molar-refractivity contribution in [3.63, 3.8) is 0 Å². The first-order chi connectivity index (χ1) is 8.22. The van der Waals surface area contributed by atoms with E-state index in [1.807, 2.05) is 0 Å². The maximum absolute atomic E-state index is 4.97. The summed E-state index contributed by atoms with van der Waals surface area (Å²) in [6.07, 6.45) is 4.09. The molecule has 1 aliphatic carbocycles. The summed E-state index contributed by atoms with van der Waals surface area (Å²) in [5, 5.41) is 0. The Balaban J connectivity index is 1.88. The van der Waals surface area contributed by atoms with Crippen LogP contribution in [0.5, 0.6) is 0 Å². The van der Waals surface area contributed by atoms with Gasteiger partial charge in [-0.05, 0) is 44.2 Å². The minimum absolute atomic E-state index is 0.758. The molecule has 0 N–H and O–H groups in total. The Hall–Kier alpha value is -1.31. The maximum Gasteiger partial charge on any atom is 0.109 e. The van der Waals surface area contributed by atoms with Gasteiger partial charge in [0.25, 0.3) is 0 Å². The topological polar surface area (TPSA) is 15.6 Å². The van der Waals surface area contributed by atoms with Crippen LogP contribution < -0.4 is 0 Å². The average Bonchev–Trinajstić information content (AvgIpc) is 2.87. The van der Waals surface area contributed by atoms with Crippen LogP contribution in [0.15, 0.2) is 17.1 Å². The molecule has 1 aromatic carbocycles. The Morgan fingerprint density at radius 2 is 2.12 bits per heavy atom. The van der Waals surface area contributed by atoms with Gasteiger partial charge in [-0.25, -0.2) is 4.99 Å². The van der Waals surface area contributed by atoms with E-state index in [0.717, 1.165) is 18.5 Å². The number of nitrogens with zero attached hydrogens (tertiary/aromatic N) is 2. The van der Waals surface area contributed by atoms with E-state index in [2.05, 4.69) is 30.9 Å². The number of hydrogen-bond acceptors (Lipinski definition) is 2. The van der Waals surface area contributed by atoms with Gasteiger partial charge in [-0.15, -0.1) is 0 Å². The molecule has 2 bridgehead atoms. The summed E-state index contributed by atoms with van der Waals surface area (Å²) in [6, 6.07) is 5.35. The minimum atomic E-state index is 0.758. The Morgan fingerprint density at radius 3 is 3.00 bits per heavy atom. The Kier molecular flexibility index (Phi) is 1.78. The number of fused-ring (bicyclic) bond motifs is 6. The molecule has 2 heterocycles. The highest BCUT2D eigenvalue weighted by Gasteiger charge is 2.44. The molecule has 88 valence electrons. The fraction of sp³-hybridized carbons (Fsp3) is 0.533. The second-order valence-electron chi connectivity index (χ2n) is 5.85. The summed E-state index contributed by atoms with van der Waals surface area (Å²) in [7, 11) is 0. The SMILES string of the molecule is Cc1cc(C)c2c(c1)CN1C(=N2)C2CCC1C2. The molecule has 3 aliphatic rings. The molecule has 1 aromatic rings. The highest BCUT2D eigenvalue weighted by molar-refractivity contribution is 5.92. The number of hydrogen-bond donors (Lipinski definition) is 0. The lowest BCUT2D eigenvalue weighted by Crippen LogP contribution is -2.38. The molecule has 0 radical (unpaired) electrons. The average molecular weight is 226 g/mol. The molecule has 2 nitrogen and oxygen atoms in total. The van der Waals surface area contributed by atoms with Crippen LogP contribution in [-0.4, -0.2) is 16.8 Å². The maximum atomic E-state index is 4.97. The van der Waals surface area contributed by atoms with Crippen molar-refractivity contribution >= 4 is 11.5 Å². The summed E-state index contributed by atoms with van der Waals surface area (Å²) in [6.45, 7) is 5.47. The molecular formula is C15H18N2. The largest absolute Gasteiger partial charge is 0.352 e. The van der Waals surface area contributed by atoms with Crippen molar-refractivity contribution in [2.75, 3.05) is 0 Å². The van der Waals surface area contributed by atoms with Crippen molar-refractivity contribution in [1.29, 1.82) is 0 Å². The molecule has 2 fully saturated rings. The first-order valence-corrected chi connectivity index (χ1v) is 6.68. The number of aliphatic imine (C=N–C) groups is 1. The Morgan fingerprint density at radius 1 is 1.24 bits per heavy atom. The molecule has 1 saturated carbocycles. The van der Waals surface area contributed by atoms with Crippen molar-refractivity contribution in [1.82, 2.24) is 4.90 Å². The zero-order chi connectivity index (χ0) is 11.6.